The average Bonchev–Trinajstić information content (AvgIpc) is 3.24. The summed E-state index contributed by atoms with van der Waals surface area (Å²) in [5, 5.41) is 25.0. The van der Waals surface area contributed by atoms with Gasteiger partial charge in [-0.1, -0.05) is 24.3 Å². The molecule has 1 aliphatic rings. The molecule has 0 fully saturated rings. The van der Waals surface area contributed by atoms with E-state index in [-0.39, 0.29) is 28.3 Å². The van der Waals surface area contributed by atoms with Gasteiger partial charge in [0.1, 0.15) is 0 Å². The zero-order chi connectivity index (χ0) is 20.3. The molecular weight excluding hydrogens is 369 g/mol. The van der Waals surface area contributed by atoms with Gasteiger partial charge in [0, 0.05) is 28.9 Å². The van der Waals surface area contributed by atoms with Crippen molar-refractivity contribution in [2.75, 3.05) is 0 Å². The van der Waals surface area contributed by atoms with Gasteiger partial charge in [-0.2, -0.15) is 18.3 Å². The van der Waals surface area contributed by atoms with E-state index in [1.54, 1.807) is 29.2 Å². The Labute approximate surface area is 159 Å². The number of fused-ring (bicyclic) bond motifs is 3. The highest BCUT2D eigenvalue weighted by Crippen LogP contribution is 2.56. The molecular formula is C21H19F3N2O2. The topological polar surface area (TPSA) is 58.3 Å². The van der Waals surface area contributed by atoms with Crippen molar-refractivity contribution in [2.24, 2.45) is 0 Å². The van der Waals surface area contributed by atoms with E-state index < -0.39 is 18.4 Å². The van der Waals surface area contributed by atoms with Gasteiger partial charge in [0.2, 0.25) is 5.60 Å². The smallest absolute Gasteiger partial charge is 0.392 e. The normalized spacial score (nSPS) is 18.4. The molecule has 146 valence electrons. The maximum absolute atomic E-state index is 14.1. The minimum atomic E-state index is -4.91. The average molecular weight is 388 g/mol. The first-order valence-electron chi connectivity index (χ1n) is 8.90. The number of aromatic nitrogens is 2. The zero-order valence-corrected chi connectivity index (χ0v) is 15.3. The molecule has 4 nitrogen and oxygen atoms in total. The summed E-state index contributed by atoms with van der Waals surface area (Å²) in [4.78, 5) is 0. The molecule has 0 amide bonds. The summed E-state index contributed by atoms with van der Waals surface area (Å²) in [7, 11) is 0. The van der Waals surface area contributed by atoms with Crippen LogP contribution < -0.4 is 0 Å². The van der Waals surface area contributed by atoms with E-state index >= 15 is 0 Å². The van der Waals surface area contributed by atoms with Crippen LogP contribution in [-0.2, 0) is 12.2 Å². The van der Waals surface area contributed by atoms with Crippen molar-refractivity contribution in [3.8, 4) is 22.3 Å². The van der Waals surface area contributed by atoms with Crippen LogP contribution in [0.25, 0.3) is 22.3 Å². The van der Waals surface area contributed by atoms with Crippen molar-refractivity contribution in [3.63, 3.8) is 0 Å². The van der Waals surface area contributed by atoms with E-state index in [4.69, 9.17) is 0 Å². The van der Waals surface area contributed by atoms with Crippen molar-refractivity contribution >= 4 is 0 Å². The minimum Gasteiger partial charge on any atom is -0.392 e. The van der Waals surface area contributed by atoms with Crippen LogP contribution in [0.15, 0.2) is 48.8 Å². The fraction of sp³-hybridized carbons (Fsp3) is 0.286. The predicted octanol–water partition coefficient (Wildman–Crippen LogP) is 4.40. The van der Waals surface area contributed by atoms with Gasteiger partial charge in [0.25, 0.3) is 0 Å². The number of alkyl halides is 3. The van der Waals surface area contributed by atoms with Crippen molar-refractivity contribution in [3.05, 3.63) is 65.5 Å². The minimum absolute atomic E-state index is 0.0943. The molecule has 0 saturated carbocycles. The number of benzene rings is 2. The summed E-state index contributed by atoms with van der Waals surface area (Å²) in [6, 6.07) is 8.99. The maximum Gasteiger partial charge on any atom is 0.425 e. The molecule has 1 unspecified atom stereocenters. The Kier molecular flexibility index (Phi) is 4.13. The summed E-state index contributed by atoms with van der Waals surface area (Å²) in [5.74, 6) is 0. The molecule has 1 heterocycles. The lowest BCUT2D eigenvalue weighted by Gasteiger charge is -2.28. The highest BCUT2D eigenvalue weighted by molar-refractivity contribution is 5.86. The second kappa shape index (κ2) is 6.18. The second-order valence-corrected chi connectivity index (χ2v) is 7.27. The van der Waals surface area contributed by atoms with Crippen LogP contribution in [0.5, 0.6) is 0 Å². The highest BCUT2D eigenvalue weighted by Gasteiger charge is 2.61. The monoisotopic (exact) mass is 388 g/mol. The van der Waals surface area contributed by atoms with E-state index in [1.165, 1.54) is 24.3 Å². The van der Waals surface area contributed by atoms with Crippen molar-refractivity contribution in [2.45, 2.75) is 38.3 Å². The summed E-state index contributed by atoms with van der Waals surface area (Å²) < 4.78 is 43.9. The molecule has 2 N–H and O–H groups in total. The molecule has 1 atom stereocenters. The fourth-order valence-corrected chi connectivity index (χ4v) is 3.83. The molecule has 0 spiro atoms. The fourth-order valence-electron chi connectivity index (χ4n) is 3.83. The second-order valence-electron chi connectivity index (χ2n) is 7.27. The standard InChI is InChI=1S/C21H19F3N2O2/c1-12(2)26-10-15(9-25-26)13-7-14(11-27)19-16-5-3-4-6-17(16)20(28,18(19)8-13)21(22,23)24/h3-10,12,27-28H,11H2,1-2H3. The van der Waals surface area contributed by atoms with E-state index in [2.05, 4.69) is 5.10 Å². The van der Waals surface area contributed by atoms with Crippen LogP contribution in [0, 0.1) is 0 Å². The number of aliphatic hydroxyl groups is 2. The molecule has 0 radical (unpaired) electrons. The molecule has 3 aromatic rings. The molecule has 7 heteroatoms. The van der Waals surface area contributed by atoms with Gasteiger partial charge >= 0.3 is 6.18 Å². The van der Waals surface area contributed by atoms with Crippen molar-refractivity contribution in [1.82, 2.24) is 9.78 Å². The highest BCUT2D eigenvalue weighted by atomic mass is 19.4. The molecule has 28 heavy (non-hydrogen) atoms. The number of hydrogen-bond acceptors (Lipinski definition) is 3. The van der Waals surface area contributed by atoms with E-state index in [0.717, 1.165) is 0 Å². The van der Waals surface area contributed by atoms with Crippen LogP contribution in [0.4, 0.5) is 13.2 Å². The lowest BCUT2D eigenvalue weighted by molar-refractivity contribution is -0.246. The van der Waals surface area contributed by atoms with Gasteiger partial charge in [0.05, 0.1) is 12.8 Å². The number of nitrogens with zero attached hydrogens (tertiary/aromatic N) is 2. The van der Waals surface area contributed by atoms with Crippen molar-refractivity contribution in [1.29, 1.82) is 0 Å². The Morgan fingerprint density at radius 2 is 1.82 bits per heavy atom. The molecule has 0 bridgehead atoms. The van der Waals surface area contributed by atoms with E-state index in [0.29, 0.717) is 16.7 Å². The number of aliphatic hydroxyl groups excluding tert-OH is 1. The molecule has 0 saturated heterocycles. The molecule has 2 aromatic carbocycles. The largest absolute Gasteiger partial charge is 0.425 e. The third kappa shape index (κ3) is 2.50. The summed E-state index contributed by atoms with van der Waals surface area (Å²) in [6.07, 6.45) is -1.61. The van der Waals surface area contributed by atoms with E-state index in [1.807, 2.05) is 13.8 Å². The van der Waals surface area contributed by atoms with Crippen molar-refractivity contribution < 1.29 is 23.4 Å². The number of halogens is 3. The van der Waals surface area contributed by atoms with Gasteiger partial charge in [-0.3, -0.25) is 4.68 Å². The third-order valence-corrected chi connectivity index (χ3v) is 5.24. The quantitative estimate of drug-likeness (QED) is 0.699. The molecule has 1 aliphatic carbocycles. The van der Waals surface area contributed by atoms with Gasteiger partial charge in [-0.05, 0) is 48.2 Å². The maximum atomic E-state index is 14.1. The van der Waals surface area contributed by atoms with Gasteiger partial charge in [-0.25, -0.2) is 0 Å². The van der Waals surface area contributed by atoms with Gasteiger partial charge in [0.15, 0.2) is 0 Å². The lowest BCUT2D eigenvalue weighted by atomic mass is 9.88. The number of hydrogen-bond donors (Lipinski definition) is 2. The summed E-state index contributed by atoms with van der Waals surface area (Å²) in [5.41, 5.74) is -1.69. The summed E-state index contributed by atoms with van der Waals surface area (Å²) >= 11 is 0. The molecule has 4 rings (SSSR count). The predicted molar refractivity (Wildman–Crippen MR) is 98.5 cm³/mol. The Bertz CT molecular complexity index is 1060. The Balaban J connectivity index is 2.01. The Hall–Kier alpha value is -2.64. The molecule has 0 aliphatic heterocycles. The Morgan fingerprint density at radius 3 is 2.43 bits per heavy atom. The zero-order valence-electron chi connectivity index (χ0n) is 15.3. The first-order valence-corrected chi connectivity index (χ1v) is 8.90. The van der Waals surface area contributed by atoms with Crippen LogP contribution in [-0.4, -0.2) is 26.2 Å². The van der Waals surface area contributed by atoms with Crippen LogP contribution in [0.1, 0.15) is 36.6 Å². The van der Waals surface area contributed by atoms with Crippen LogP contribution in [0.2, 0.25) is 0 Å². The van der Waals surface area contributed by atoms with Gasteiger partial charge < -0.3 is 10.2 Å². The molecule has 1 aromatic heterocycles. The Morgan fingerprint density at radius 1 is 1.11 bits per heavy atom. The third-order valence-electron chi connectivity index (χ3n) is 5.24. The first-order chi connectivity index (χ1) is 13.2. The SMILES string of the molecule is CC(C)n1cc(-c2cc(CO)c3c(c2)C(O)(C(F)(F)F)c2ccccc2-3)cn1. The van der Waals surface area contributed by atoms with Crippen LogP contribution >= 0.6 is 0 Å². The van der Waals surface area contributed by atoms with Crippen LogP contribution in [0.3, 0.4) is 0 Å². The number of rotatable bonds is 3. The van der Waals surface area contributed by atoms with E-state index in [9.17, 15) is 23.4 Å². The van der Waals surface area contributed by atoms with Gasteiger partial charge in [-0.15, -0.1) is 0 Å². The first kappa shape index (κ1) is 18.7. The summed E-state index contributed by atoms with van der Waals surface area (Å²) in [6.45, 7) is 3.44. The lowest BCUT2D eigenvalue weighted by Crippen LogP contribution is -2.41.